The van der Waals surface area contributed by atoms with Crippen LogP contribution >= 0.6 is 7.82 Å². The number of non-ortho nitro benzene ring substituents is 1. The van der Waals surface area contributed by atoms with Gasteiger partial charge in [-0.15, -0.1) is 0 Å². The number of phosphoric ester groups is 1. The van der Waals surface area contributed by atoms with E-state index >= 15 is 0 Å². The predicted molar refractivity (Wildman–Crippen MR) is 200 cm³/mol. The lowest BCUT2D eigenvalue weighted by atomic mass is 9.75. The molecule has 1 rings (SSSR count). The Bertz CT molecular complexity index is 1040. The highest BCUT2D eigenvalue weighted by molar-refractivity contribution is 7.43. The van der Waals surface area contributed by atoms with Crippen LogP contribution < -0.4 is 14.3 Å². The van der Waals surface area contributed by atoms with Crippen molar-refractivity contribution in [1.29, 1.82) is 0 Å². The SMILES string of the molecule is CC(C)(C)[N+](C(C)(C)C)(C(C)(C)C)C(C)(C)C.CC(C)(C)[N+](C(C)(C)C)(C(C)(C)C)C(C)(C)C.O=[N+]([O-])c1ccc(OP(=O)([O-])[O-])cc1. The number of nitro groups is 1. The Balaban J connectivity index is 0. The molecular formula is C38H76N3O6P. The summed E-state index contributed by atoms with van der Waals surface area (Å²) in [5.74, 6) is -0.246. The molecule has 1 aromatic rings. The molecule has 0 N–H and O–H groups in total. The first-order chi connectivity index (χ1) is 20.4. The minimum absolute atomic E-state index is 0.203. The molecule has 0 amide bonds. The highest BCUT2D eigenvalue weighted by Crippen LogP contribution is 2.51. The average molecular weight is 702 g/mol. The highest BCUT2D eigenvalue weighted by Gasteiger charge is 2.63. The Kier molecular flexibility index (Phi) is 14.8. The van der Waals surface area contributed by atoms with Crippen molar-refractivity contribution in [2.75, 3.05) is 0 Å². The van der Waals surface area contributed by atoms with Gasteiger partial charge >= 0.3 is 0 Å². The van der Waals surface area contributed by atoms with Crippen molar-refractivity contribution in [3.63, 3.8) is 0 Å². The number of benzene rings is 1. The van der Waals surface area contributed by atoms with Crippen LogP contribution in [0, 0.1) is 10.1 Å². The van der Waals surface area contributed by atoms with Crippen LogP contribution in [0.2, 0.25) is 0 Å². The third-order valence-corrected chi connectivity index (χ3v) is 9.75. The van der Waals surface area contributed by atoms with Crippen molar-refractivity contribution in [2.24, 2.45) is 0 Å². The fourth-order valence-electron chi connectivity index (χ4n) is 12.8. The quantitative estimate of drug-likeness (QED) is 0.134. The molecule has 0 aliphatic heterocycles. The van der Waals surface area contributed by atoms with Crippen LogP contribution in [0.15, 0.2) is 24.3 Å². The van der Waals surface area contributed by atoms with Gasteiger partial charge in [0.05, 0.1) is 49.2 Å². The topological polar surface area (TPSA) is 116 Å². The minimum Gasteiger partial charge on any atom is -0.780 e. The maximum atomic E-state index is 10.2. The van der Waals surface area contributed by atoms with Crippen LogP contribution in [-0.4, -0.2) is 58.2 Å². The van der Waals surface area contributed by atoms with E-state index in [1.807, 2.05) is 0 Å². The van der Waals surface area contributed by atoms with E-state index in [2.05, 4.69) is 171 Å². The lowest BCUT2D eigenvalue weighted by molar-refractivity contribution is -1.08. The van der Waals surface area contributed by atoms with Gasteiger partial charge in [-0.3, -0.25) is 10.1 Å². The average Bonchev–Trinajstić information content (AvgIpc) is 2.64. The largest absolute Gasteiger partial charge is 0.780 e. The number of nitro benzene ring substituents is 1. The molecule has 0 heterocycles. The Labute approximate surface area is 296 Å². The summed E-state index contributed by atoms with van der Waals surface area (Å²) in [6.07, 6.45) is 0. The summed E-state index contributed by atoms with van der Waals surface area (Å²) >= 11 is 0. The van der Waals surface area contributed by atoms with Crippen molar-refractivity contribution in [3.05, 3.63) is 34.4 Å². The maximum absolute atomic E-state index is 10.2. The van der Waals surface area contributed by atoms with Crippen molar-refractivity contribution in [3.8, 4) is 5.75 Å². The summed E-state index contributed by atoms with van der Waals surface area (Å²) in [5.41, 5.74) is 1.41. The lowest BCUT2D eigenvalue weighted by Gasteiger charge is -2.70. The molecule has 0 aromatic heterocycles. The maximum Gasteiger partial charge on any atom is 0.269 e. The number of hydrogen-bond acceptors (Lipinski definition) is 6. The van der Waals surface area contributed by atoms with Gasteiger partial charge in [-0.25, -0.2) is 0 Å². The molecule has 0 fully saturated rings. The molecule has 284 valence electrons. The third-order valence-electron chi connectivity index (χ3n) is 9.31. The summed E-state index contributed by atoms with van der Waals surface area (Å²) in [7, 11) is -5.10. The van der Waals surface area contributed by atoms with Gasteiger partial charge in [0.25, 0.3) is 5.69 Å². The van der Waals surface area contributed by atoms with Crippen molar-refractivity contribution >= 4 is 13.5 Å². The standard InChI is InChI=1S/2C16H36N.C6H6NO6P/c2*1-13(2,3)17(14(4,5)6,15(7,8)9)16(10,11)12;8-7(9)5-1-3-6(4-2-5)13-14(10,11)12/h2*1-12H3;1-4H,(H2,10,11,12)/q2*+1;/p-2. The summed E-state index contributed by atoms with van der Waals surface area (Å²) in [6.45, 7) is 57.2. The van der Waals surface area contributed by atoms with E-state index in [1.165, 1.54) is 0 Å². The van der Waals surface area contributed by atoms with E-state index in [9.17, 15) is 24.5 Å². The third kappa shape index (κ3) is 10.5. The molecule has 10 heteroatoms. The molecule has 9 nitrogen and oxygen atoms in total. The minimum atomic E-state index is -5.10. The van der Waals surface area contributed by atoms with E-state index in [0.29, 0.717) is 0 Å². The normalized spacial score (nSPS) is 14.7. The molecule has 0 saturated heterocycles. The Morgan fingerprint density at radius 3 is 0.771 bits per heavy atom. The van der Waals surface area contributed by atoms with Crippen LogP contribution in [0.25, 0.3) is 0 Å². The fourth-order valence-corrected chi connectivity index (χ4v) is 13.2. The second kappa shape index (κ2) is 14.6. The summed E-state index contributed by atoms with van der Waals surface area (Å²) in [4.78, 5) is 29.8. The number of quaternary nitrogens is 2. The molecule has 0 atom stereocenters. The van der Waals surface area contributed by atoms with Gasteiger partial charge in [-0.05, 0) is 178 Å². The molecule has 0 saturated carbocycles. The van der Waals surface area contributed by atoms with Gasteiger partial charge in [0.2, 0.25) is 0 Å². The van der Waals surface area contributed by atoms with Gasteiger partial charge in [0.1, 0.15) is 13.6 Å². The van der Waals surface area contributed by atoms with E-state index in [4.69, 9.17) is 0 Å². The van der Waals surface area contributed by atoms with Gasteiger partial charge < -0.3 is 27.8 Å². The lowest BCUT2D eigenvalue weighted by Crippen LogP contribution is -2.82. The summed E-state index contributed by atoms with van der Waals surface area (Å²) in [5, 5.41) is 10.2. The molecule has 0 bridgehead atoms. The molecular weight excluding hydrogens is 625 g/mol. The first-order valence-corrected chi connectivity index (χ1v) is 18.6. The van der Waals surface area contributed by atoms with Gasteiger partial charge in [0, 0.05) is 12.1 Å². The smallest absolute Gasteiger partial charge is 0.269 e. The zero-order valence-electron chi connectivity index (χ0n) is 35.5. The second-order valence-corrected chi connectivity index (χ2v) is 22.1. The zero-order chi connectivity index (χ0) is 39.8. The number of rotatable bonds is 3. The van der Waals surface area contributed by atoms with Gasteiger partial charge in [0.15, 0.2) is 0 Å². The Hall–Kier alpha value is -1.51. The van der Waals surface area contributed by atoms with Crippen molar-refractivity contribution in [1.82, 2.24) is 0 Å². The number of phosphoric acid groups is 1. The fraction of sp³-hybridized carbons (Fsp3) is 0.842. The monoisotopic (exact) mass is 702 g/mol. The van der Waals surface area contributed by atoms with Gasteiger partial charge in [-0.2, -0.15) is 0 Å². The molecule has 1 aromatic carbocycles. The first-order valence-electron chi connectivity index (χ1n) is 17.1. The van der Waals surface area contributed by atoms with Gasteiger partial charge in [-0.1, -0.05) is 0 Å². The van der Waals surface area contributed by atoms with Crippen molar-refractivity contribution < 1.29 is 32.8 Å². The molecule has 0 aliphatic rings. The summed E-state index contributed by atoms with van der Waals surface area (Å²) < 4.78 is 16.3. The Morgan fingerprint density at radius 2 is 0.667 bits per heavy atom. The van der Waals surface area contributed by atoms with Crippen LogP contribution in [0.4, 0.5) is 5.69 Å². The molecule has 0 aliphatic carbocycles. The molecule has 0 unspecified atom stereocenters. The van der Waals surface area contributed by atoms with E-state index < -0.39 is 12.7 Å². The molecule has 0 spiro atoms. The summed E-state index contributed by atoms with van der Waals surface area (Å²) in [6, 6.07) is 4.12. The zero-order valence-corrected chi connectivity index (χ0v) is 36.4. The first kappa shape index (κ1) is 48.6. The number of hydrogen-bond donors (Lipinski definition) is 0. The number of nitrogens with zero attached hydrogens (tertiary/aromatic N) is 3. The van der Waals surface area contributed by atoms with E-state index in [0.717, 1.165) is 33.2 Å². The van der Waals surface area contributed by atoms with Crippen LogP contribution in [-0.2, 0) is 4.57 Å². The molecule has 48 heavy (non-hydrogen) atoms. The predicted octanol–water partition coefficient (Wildman–Crippen LogP) is 9.80. The van der Waals surface area contributed by atoms with Crippen LogP contribution in [0.5, 0.6) is 5.75 Å². The Morgan fingerprint density at radius 1 is 0.479 bits per heavy atom. The highest BCUT2D eigenvalue weighted by atomic mass is 31.2. The van der Waals surface area contributed by atoms with Crippen LogP contribution in [0.1, 0.15) is 166 Å². The molecule has 0 radical (unpaired) electrons. The van der Waals surface area contributed by atoms with Crippen molar-refractivity contribution in [2.45, 2.75) is 210 Å². The van der Waals surface area contributed by atoms with E-state index in [-0.39, 0.29) is 55.7 Å². The second-order valence-electron chi connectivity index (χ2n) is 21.0. The van der Waals surface area contributed by atoms with E-state index in [1.54, 1.807) is 0 Å². The van der Waals surface area contributed by atoms with Crippen LogP contribution in [0.3, 0.4) is 0 Å².